The van der Waals surface area contributed by atoms with E-state index in [2.05, 4.69) is 24.5 Å². The highest BCUT2D eigenvalue weighted by Gasteiger charge is 2.09. The molecule has 0 unspecified atom stereocenters. The highest BCUT2D eigenvalue weighted by molar-refractivity contribution is 5.94. The fourth-order valence-electron chi connectivity index (χ4n) is 2.66. The highest BCUT2D eigenvalue weighted by atomic mass is 16.5. The zero-order valence-electron chi connectivity index (χ0n) is 16.6. The zero-order valence-corrected chi connectivity index (χ0v) is 16.6. The first-order valence-electron chi connectivity index (χ1n) is 9.20. The van der Waals surface area contributed by atoms with Crippen molar-refractivity contribution in [2.45, 2.75) is 40.5 Å². The van der Waals surface area contributed by atoms with Crippen LogP contribution in [-0.2, 0) is 9.59 Å². The van der Waals surface area contributed by atoms with Crippen molar-refractivity contribution in [3.63, 3.8) is 0 Å². The number of hydrogen-bond acceptors (Lipinski definition) is 3. The van der Waals surface area contributed by atoms with E-state index in [1.807, 2.05) is 39.0 Å². The third kappa shape index (κ3) is 6.13. The number of aryl methyl sites for hydroxylation is 1. The van der Waals surface area contributed by atoms with Crippen molar-refractivity contribution in [1.82, 2.24) is 0 Å². The smallest absolute Gasteiger partial charge is 0.262 e. The van der Waals surface area contributed by atoms with Crippen molar-refractivity contribution in [1.29, 1.82) is 0 Å². The molecule has 27 heavy (non-hydrogen) atoms. The van der Waals surface area contributed by atoms with Crippen LogP contribution in [0, 0.1) is 12.8 Å². The summed E-state index contributed by atoms with van der Waals surface area (Å²) in [6, 6.07) is 12.9. The largest absolute Gasteiger partial charge is 0.484 e. The molecule has 0 aliphatic rings. The molecule has 0 atom stereocenters. The third-order valence-corrected chi connectivity index (χ3v) is 4.19. The van der Waals surface area contributed by atoms with Crippen LogP contribution in [0.4, 0.5) is 11.4 Å². The fraction of sp³-hybridized carbons (Fsp3) is 0.364. The van der Waals surface area contributed by atoms with Gasteiger partial charge in [0.25, 0.3) is 5.91 Å². The second kappa shape index (κ2) is 9.21. The predicted molar refractivity (Wildman–Crippen MR) is 109 cm³/mol. The minimum Gasteiger partial charge on any atom is -0.484 e. The van der Waals surface area contributed by atoms with Gasteiger partial charge >= 0.3 is 0 Å². The first-order valence-corrected chi connectivity index (χ1v) is 9.20. The maximum absolute atomic E-state index is 12.1. The topological polar surface area (TPSA) is 67.4 Å². The number of amides is 2. The summed E-state index contributed by atoms with van der Waals surface area (Å²) >= 11 is 0. The molecule has 0 radical (unpaired) electrons. The van der Waals surface area contributed by atoms with Crippen molar-refractivity contribution in [3.8, 4) is 5.75 Å². The van der Waals surface area contributed by atoms with Crippen molar-refractivity contribution >= 4 is 23.2 Å². The lowest BCUT2D eigenvalue weighted by Crippen LogP contribution is -2.20. The summed E-state index contributed by atoms with van der Waals surface area (Å²) in [6.07, 6.45) is 0. The van der Waals surface area contributed by atoms with Gasteiger partial charge in [-0.15, -0.1) is 0 Å². The van der Waals surface area contributed by atoms with Crippen LogP contribution < -0.4 is 15.4 Å². The molecule has 2 amide bonds. The number of carbonyl (C=O) groups is 2. The van der Waals surface area contributed by atoms with Gasteiger partial charge in [-0.3, -0.25) is 9.59 Å². The van der Waals surface area contributed by atoms with Crippen LogP contribution in [-0.4, -0.2) is 18.4 Å². The van der Waals surface area contributed by atoms with E-state index in [4.69, 9.17) is 4.74 Å². The van der Waals surface area contributed by atoms with Gasteiger partial charge in [-0.05, 0) is 60.4 Å². The molecule has 0 heterocycles. The van der Waals surface area contributed by atoms with E-state index in [1.54, 1.807) is 24.3 Å². The number of ether oxygens (including phenoxy) is 1. The Morgan fingerprint density at radius 3 is 2.04 bits per heavy atom. The summed E-state index contributed by atoms with van der Waals surface area (Å²) in [6.45, 7) is 9.95. The number of rotatable bonds is 7. The second-order valence-electron chi connectivity index (χ2n) is 7.23. The molecule has 0 fully saturated rings. The van der Waals surface area contributed by atoms with Crippen LogP contribution in [0.15, 0.2) is 42.5 Å². The Labute approximate surface area is 161 Å². The molecule has 0 aromatic heterocycles. The average molecular weight is 368 g/mol. The molecule has 5 heteroatoms. The SMILES string of the molecule is Cc1cc(OCC(=O)Nc2ccc(NC(=O)C(C)C)cc2)ccc1C(C)C. The lowest BCUT2D eigenvalue weighted by atomic mass is 9.98. The highest BCUT2D eigenvalue weighted by Crippen LogP contribution is 2.23. The summed E-state index contributed by atoms with van der Waals surface area (Å²) < 4.78 is 5.59. The zero-order chi connectivity index (χ0) is 20.0. The number of carbonyl (C=O) groups excluding carboxylic acids is 2. The van der Waals surface area contributed by atoms with E-state index in [1.165, 1.54) is 5.56 Å². The van der Waals surface area contributed by atoms with Gasteiger partial charge in [0, 0.05) is 17.3 Å². The summed E-state index contributed by atoms with van der Waals surface area (Å²) in [7, 11) is 0. The van der Waals surface area contributed by atoms with Crippen molar-refractivity contribution in [2.75, 3.05) is 17.2 Å². The van der Waals surface area contributed by atoms with Crippen LogP contribution in [0.5, 0.6) is 5.75 Å². The first-order chi connectivity index (χ1) is 12.8. The molecule has 0 aliphatic carbocycles. The summed E-state index contributed by atoms with van der Waals surface area (Å²) in [5, 5.41) is 5.59. The number of anilines is 2. The molecular formula is C22H28N2O3. The van der Waals surface area contributed by atoms with Crippen molar-refractivity contribution < 1.29 is 14.3 Å². The Balaban J connectivity index is 1.87. The quantitative estimate of drug-likeness (QED) is 0.742. The fourth-order valence-corrected chi connectivity index (χ4v) is 2.66. The van der Waals surface area contributed by atoms with Crippen LogP contribution >= 0.6 is 0 Å². The summed E-state index contributed by atoms with van der Waals surface area (Å²) in [5.74, 6) is 0.771. The monoisotopic (exact) mass is 368 g/mol. The van der Waals surface area contributed by atoms with Crippen LogP contribution in [0.1, 0.15) is 44.7 Å². The molecule has 5 nitrogen and oxygen atoms in total. The third-order valence-electron chi connectivity index (χ3n) is 4.19. The standard InChI is InChI=1S/C22H28N2O3/c1-14(2)20-11-10-19(12-16(20)5)27-13-21(25)23-17-6-8-18(9-7-17)24-22(26)15(3)4/h6-12,14-15H,13H2,1-5H3,(H,23,25)(H,24,26). The van der Waals surface area contributed by atoms with Gasteiger partial charge < -0.3 is 15.4 Å². The van der Waals surface area contributed by atoms with Gasteiger partial charge in [0.05, 0.1) is 0 Å². The molecular weight excluding hydrogens is 340 g/mol. The van der Waals surface area contributed by atoms with Crippen LogP contribution in [0.2, 0.25) is 0 Å². The minimum absolute atomic E-state index is 0.0426. The molecule has 2 aromatic rings. The molecule has 0 spiro atoms. The second-order valence-corrected chi connectivity index (χ2v) is 7.23. The Hall–Kier alpha value is -2.82. The van der Waals surface area contributed by atoms with Crippen LogP contribution in [0.3, 0.4) is 0 Å². The molecule has 144 valence electrons. The first kappa shape index (κ1) is 20.5. The molecule has 0 aliphatic heterocycles. The van der Waals surface area contributed by atoms with E-state index >= 15 is 0 Å². The molecule has 0 saturated carbocycles. The lowest BCUT2D eigenvalue weighted by molar-refractivity contribution is -0.119. The predicted octanol–water partition coefficient (Wildman–Crippen LogP) is 4.73. The molecule has 2 N–H and O–H groups in total. The summed E-state index contributed by atoms with van der Waals surface area (Å²) in [5.41, 5.74) is 3.78. The normalized spacial score (nSPS) is 10.8. The Morgan fingerprint density at radius 1 is 0.926 bits per heavy atom. The maximum Gasteiger partial charge on any atom is 0.262 e. The molecule has 0 bridgehead atoms. The number of nitrogens with one attached hydrogen (secondary N) is 2. The van der Waals surface area contributed by atoms with Gasteiger partial charge in [0.1, 0.15) is 5.75 Å². The van der Waals surface area contributed by atoms with E-state index in [-0.39, 0.29) is 24.3 Å². The summed E-state index contributed by atoms with van der Waals surface area (Å²) in [4.78, 5) is 23.8. The lowest BCUT2D eigenvalue weighted by Gasteiger charge is -2.13. The number of benzene rings is 2. The van der Waals surface area contributed by atoms with Gasteiger partial charge in [0.2, 0.25) is 5.91 Å². The van der Waals surface area contributed by atoms with Crippen LogP contribution in [0.25, 0.3) is 0 Å². The van der Waals surface area contributed by atoms with E-state index in [0.717, 1.165) is 5.56 Å². The van der Waals surface area contributed by atoms with E-state index < -0.39 is 0 Å². The van der Waals surface area contributed by atoms with Crippen molar-refractivity contribution in [3.05, 3.63) is 53.6 Å². The molecule has 2 aromatic carbocycles. The minimum atomic E-state index is -0.237. The van der Waals surface area contributed by atoms with E-state index in [9.17, 15) is 9.59 Å². The maximum atomic E-state index is 12.1. The van der Waals surface area contributed by atoms with Gasteiger partial charge in [-0.2, -0.15) is 0 Å². The average Bonchev–Trinajstić information content (AvgIpc) is 2.61. The van der Waals surface area contributed by atoms with Gasteiger partial charge in [-0.25, -0.2) is 0 Å². The number of hydrogen-bond donors (Lipinski definition) is 2. The molecule has 0 saturated heterocycles. The molecule has 2 rings (SSSR count). The Kier molecular flexibility index (Phi) is 6.99. The Bertz CT molecular complexity index is 796. The van der Waals surface area contributed by atoms with Gasteiger partial charge in [-0.1, -0.05) is 33.8 Å². The van der Waals surface area contributed by atoms with Crippen molar-refractivity contribution in [2.24, 2.45) is 5.92 Å². The Morgan fingerprint density at radius 2 is 1.52 bits per heavy atom. The van der Waals surface area contributed by atoms with Gasteiger partial charge in [0.15, 0.2) is 6.61 Å². The van der Waals surface area contributed by atoms with E-state index in [0.29, 0.717) is 23.0 Å².